The summed E-state index contributed by atoms with van der Waals surface area (Å²) in [5, 5.41) is 11.7. The SMILES string of the molecule is CCOC(=O)C1=C(C)N=C(C)C([N+](=O)[O-])C1c1ccccc1OC(F)F. The topological polar surface area (TPSA) is 91.0 Å². The Morgan fingerprint density at radius 2 is 2.00 bits per heavy atom. The number of nitrogens with zero attached hydrogens (tertiary/aromatic N) is 2. The summed E-state index contributed by atoms with van der Waals surface area (Å²) in [5.74, 6) is -2.16. The molecule has 2 atom stereocenters. The number of para-hydroxylation sites is 1. The van der Waals surface area contributed by atoms with E-state index in [9.17, 15) is 23.7 Å². The molecule has 1 aromatic carbocycles. The van der Waals surface area contributed by atoms with Gasteiger partial charge in [-0.2, -0.15) is 8.78 Å². The lowest BCUT2D eigenvalue weighted by Crippen LogP contribution is -2.40. The van der Waals surface area contributed by atoms with Crippen molar-refractivity contribution >= 4 is 11.7 Å². The average molecular weight is 368 g/mol. The van der Waals surface area contributed by atoms with E-state index < -0.39 is 29.5 Å². The van der Waals surface area contributed by atoms with Crippen molar-refractivity contribution in [2.75, 3.05) is 6.61 Å². The molecule has 26 heavy (non-hydrogen) atoms. The summed E-state index contributed by atoms with van der Waals surface area (Å²) >= 11 is 0. The van der Waals surface area contributed by atoms with E-state index in [1.807, 2.05) is 0 Å². The number of carbonyl (C=O) groups excluding carboxylic acids is 1. The van der Waals surface area contributed by atoms with Crippen LogP contribution < -0.4 is 4.74 Å². The molecule has 9 heteroatoms. The molecule has 0 aromatic heterocycles. The van der Waals surface area contributed by atoms with Crippen LogP contribution in [-0.2, 0) is 9.53 Å². The van der Waals surface area contributed by atoms with Crippen LogP contribution in [-0.4, -0.2) is 35.9 Å². The third-order valence-electron chi connectivity index (χ3n) is 3.98. The first-order chi connectivity index (χ1) is 12.3. The summed E-state index contributed by atoms with van der Waals surface area (Å²) in [7, 11) is 0. The van der Waals surface area contributed by atoms with Gasteiger partial charge in [-0.25, -0.2) is 4.79 Å². The molecule has 0 aliphatic carbocycles. The van der Waals surface area contributed by atoms with Crippen LogP contribution in [0.3, 0.4) is 0 Å². The van der Waals surface area contributed by atoms with Crippen LogP contribution >= 0.6 is 0 Å². The standard InChI is InChI=1S/C17H18F2N2O5/c1-4-25-16(22)13-9(2)20-10(3)15(21(23)24)14(13)11-7-5-6-8-12(11)26-17(18)19/h5-8,14-15,17H,4H2,1-3H3. The fraction of sp³-hybridized carbons (Fsp3) is 0.412. The molecule has 1 heterocycles. The van der Waals surface area contributed by atoms with Crippen molar-refractivity contribution in [3.63, 3.8) is 0 Å². The van der Waals surface area contributed by atoms with E-state index in [1.165, 1.54) is 38.1 Å². The first kappa shape index (κ1) is 19.5. The molecule has 0 fully saturated rings. The number of ether oxygens (including phenoxy) is 2. The van der Waals surface area contributed by atoms with Gasteiger partial charge in [0.1, 0.15) is 5.75 Å². The summed E-state index contributed by atoms with van der Waals surface area (Å²) in [5.41, 5.74) is 0.476. The summed E-state index contributed by atoms with van der Waals surface area (Å²) in [4.78, 5) is 27.6. The van der Waals surface area contributed by atoms with Gasteiger partial charge in [0.2, 0.25) is 0 Å². The lowest BCUT2D eigenvalue weighted by Gasteiger charge is -2.28. The third kappa shape index (κ3) is 3.87. The first-order valence-corrected chi connectivity index (χ1v) is 7.88. The lowest BCUT2D eigenvalue weighted by atomic mass is 9.80. The maximum atomic E-state index is 12.8. The Morgan fingerprint density at radius 3 is 2.58 bits per heavy atom. The molecule has 0 saturated carbocycles. The Kier molecular flexibility index (Phi) is 6.01. The fourth-order valence-corrected chi connectivity index (χ4v) is 3.04. The highest BCUT2D eigenvalue weighted by atomic mass is 19.3. The van der Waals surface area contributed by atoms with Crippen LogP contribution in [0, 0.1) is 10.1 Å². The van der Waals surface area contributed by atoms with Gasteiger partial charge in [-0.15, -0.1) is 0 Å². The average Bonchev–Trinajstić information content (AvgIpc) is 2.53. The number of hydrogen-bond donors (Lipinski definition) is 0. The number of aliphatic imine (C=N–C) groups is 1. The minimum absolute atomic E-state index is 0.0375. The molecule has 2 rings (SSSR count). The second-order valence-corrected chi connectivity index (χ2v) is 5.60. The van der Waals surface area contributed by atoms with Crippen LogP contribution in [0.1, 0.15) is 32.3 Å². The van der Waals surface area contributed by atoms with Gasteiger partial charge in [0.05, 0.1) is 23.8 Å². The molecule has 0 spiro atoms. The Hall–Kier alpha value is -2.84. The van der Waals surface area contributed by atoms with Crippen molar-refractivity contribution in [3.05, 3.63) is 51.2 Å². The highest BCUT2D eigenvalue weighted by Crippen LogP contribution is 2.41. The number of halogens is 2. The first-order valence-electron chi connectivity index (χ1n) is 7.88. The Balaban J connectivity index is 2.68. The van der Waals surface area contributed by atoms with Crippen LogP contribution in [0.4, 0.5) is 8.78 Å². The zero-order valence-electron chi connectivity index (χ0n) is 14.4. The minimum atomic E-state index is -3.11. The summed E-state index contributed by atoms with van der Waals surface area (Å²) in [6.07, 6.45) is 0. The van der Waals surface area contributed by atoms with Crippen LogP contribution in [0.2, 0.25) is 0 Å². The summed E-state index contributed by atoms with van der Waals surface area (Å²) < 4.78 is 35.1. The van der Waals surface area contributed by atoms with Gasteiger partial charge in [-0.05, 0) is 26.8 Å². The van der Waals surface area contributed by atoms with E-state index in [-0.39, 0.29) is 34.9 Å². The predicted octanol–water partition coefficient (Wildman–Crippen LogP) is 3.33. The molecule has 0 saturated heterocycles. The molecule has 1 aromatic rings. The molecule has 1 aliphatic heterocycles. The number of hydrogen-bond acceptors (Lipinski definition) is 6. The quantitative estimate of drug-likeness (QED) is 0.436. The van der Waals surface area contributed by atoms with Gasteiger partial charge in [0, 0.05) is 16.2 Å². The monoisotopic (exact) mass is 368 g/mol. The van der Waals surface area contributed by atoms with Crippen molar-refractivity contribution in [2.45, 2.75) is 39.3 Å². The van der Waals surface area contributed by atoms with Crippen molar-refractivity contribution < 1.29 is 28.0 Å². The number of carbonyl (C=O) groups is 1. The minimum Gasteiger partial charge on any atom is -0.463 e. The van der Waals surface area contributed by atoms with Crippen LogP contribution in [0.5, 0.6) is 5.75 Å². The van der Waals surface area contributed by atoms with E-state index in [0.29, 0.717) is 0 Å². The fourth-order valence-electron chi connectivity index (χ4n) is 3.04. The van der Waals surface area contributed by atoms with E-state index in [4.69, 9.17) is 4.74 Å². The lowest BCUT2D eigenvalue weighted by molar-refractivity contribution is -0.505. The highest BCUT2D eigenvalue weighted by Gasteiger charge is 2.46. The Bertz CT molecular complexity index is 776. The van der Waals surface area contributed by atoms with E-state index in [1.54, 1.807) is 6.92 Å². The molecule has 7 nitrogen and oxygen atoms in total. The second kappa shape index (κ2) is 8.03. The van der Waals surface area contributed by atoms with Gasteiger partial charge in [0.25, 0.3) is 6.04 Å². The number of benzene rings is 1. The Labute approximate surface area is 148 Å². The van der Waals surface area contributed by atoms with Gasteiger partial charge < -0.3 is 9.47 Å². The van der Waals surface area contributed by atoms with E-state index >= 15 is 0 Å². The van der Waals surface area contributed by atoms with Crippen molar-refractivity contribution in [2.24, 2.45) is 4.99 Å². The molecule has 1 aliphatic rings. The van der Waals surface area contributed by atoms with Gasteiger partial charge >= 0.3 is 12.6 Å². The third-order valence-corrected chi connectivity index (χ3v) is 3.98. The second-order valence-electron chi connectivity index (χ2n) is 5.60. The van der Waals surface area contributed by atoms with Gasteiger partial charge in [-0.1, -0.05) is 18.2 Å². The van der Waals surface area contributed by atoms with Crippen LogP contribution in [0.15, 0.2) is 40.5 Å². The molecule has 0 radical (unpaired) electrons. The van der Waals surface area contributed by atoms with E-state index in [0.717, 1.165) is 0 Å². The van der Waals surface area contributed by atoms with Crippen molar-refractivity contribution in [1.29, 1.82) is 0 Å². The maximum Gasteiger partial charge on any atom is 0.387 e. The van der Waals surface area contributed by atoms with Crippen LogP contribution in [0.25, 0.3) is 0 Å². The van der Waals surface area contributed by atoms with E-state index in [2.05, 4.69) is 9.73 Å². The predicted molar refractivity (Wildman–Crippen MR) is 89.0 cm³/mol. The largest absolute Gasteiger partial charge is 0.463 e. The highest BCUT2D eigenvalue weighted by molar-refractivity contribution is 5.98. The smallest absolute Gasteiger partial charge is 0.387 e. The number of alkyl halides is 2. The molecular formula is C17H18F2N2O5. The number of esters is 1. The summed E-state index contributed by atoms with van der Waals surface area (Å²) in [6.45, 7) is 1.53. The Morgan fingerprint density at radius 1 is 1.35 bits per heavy atom. The maximum absolute atomic E-state index is 12.8. The van der Waals surface area contributed by atoms with Gasteiger partial charge in [-0.3, -0.25) is 15.1 Å². The summed E-state index contributed by atoms with van der Waals surface area (Å²) in [6, 6.07) is 4.29. The molecular weight excluding hydrogens is 350 g/mol. The number of nitro groups is 1. The normalized spacial score (nSPS) is 20.0. The number of allylic oxidation sites excluding steroid dienone is 1. The van der Waals surface area contributed by atoms with Crippen molar-refractivity contribution in [1.82, 2.24) is 0 Å². The molecule has 0 bridgehead atoms. The zero-order chi connectivity index (χ0) is 19.4. The number of rotatable bonds is 6. The molecule has 0 amide bonds. The molecule has 140 valence electrons. The zero-order valence-corrected chi connectivity index (χ0v) is 14.4. The van der Waals surface area contributed by atoms with Gasteiger partial charge in [0.15, 0.2) is 0 Å². The van der Waals surface area contributed by atoms with Crippen molar-refractivity contribution in [3.8, 4) is 5.75 Å². The molecule has 0 N–H and O–H groups in total. The molecule has 2 unspecified atom stereocenters.